The van der Waals surface area contributed by atoms with E-state index in [9.17, 15) is 9.59 Å². The topological polar surface area (TPSA) is 49.4 Å². The zero-order chi connectivity index (χ0) is 14.8. The Morgan fingerprint density at radius 1 is 1.40 bits per heavy atom. The van der Waals surface area contributed by atoms with Gasteiger partial charge in [0.25, 0.3) is 0 Å². The molecule has 4 heteroatoms. The first-order valence-electron chi connectivity index (χ1n) is 6.77. The van der Waals surface area contributed by atoms with Crippen LogP contribution in [0.15, 0.2) is 36.9 Å². The Morgan fingerprint density at radius 2 is 2.10 bits per heavy atom. The van der Waals surface area contributed by atoms with Gasteiger partial charge in [0.15, 0.2) is 0 Å². The number of benzene rings is 1. The van der Waals surface area contributed by atoms with Gasteiger partial charge in [0.05, 0.1) is 0 Å². The van der Waals surface area contributed by atoms with E-state index in [0.29, 0.717) is 13.1 Å². The van der Waals surface area contributed by atoms with E-state index in [4.69, 9.17) is 0 Å². The Morgan fingerprint density at radius 3 is 2.80 bits per heavy atom. The maximum absolute atomic E-state index is 12.7. The number of nitrogens with one attached hydrogen (secondary N) is 1. The maximum atomic E-state index is 12.7. The molecule has 0 atom stereocenters. The molecule has 1 aromatic carbocycles. The number of carbonyl (C=O) groups excluding carboxylic acids is 2. The molecule has 1 heterocycles. The van der Waals surface area contributed by atoms with E-state index in [1.165, 1.54) is 0 Å². The van der Waals surface area contributed by atoms with Gasteiger partial charge in [-0.15, -0.1) is 6.58 Å². The molecule has 2 rings (SSSR count). The molecule has 1 aliphatic heterocycles. The quantitative estimate of drug-likeness (QED) is 0.672. The summed E-state index contributed by atoms with van der Waals surface area (Å²) in [6.07, 6.45) is 2.44. The van der Waals surface area contributed by atoms with Crippen molar-refractivity contribution < 1.29 is 9.59 Å². The van der Waals surface area contributed by atoms with Crippen LogP contribution in [-0.2, 0) is 16.0 Å². The van der Waals surface area contributed by atoms with E-state index >= 15 is 0 Å². The average Bonchev–Trinajstić information content (AvgIpc) is 2.87. The van der Waals surface area contributed by atoms with Gasteiger partial charge in [-0.25, -0.2) is 0 Å². The third-order valence-corrected chi connectivity index (χ3v) is 3.64. The van der Waals surface area contributed by atoms with Crippen molar-refractivity contribution >= 4 is 17.5 Å². The van der Waals surface area contributed by atoms with Crippen molar-refractivity contribution in [1.82, 2.24) is 5.32 Å². The summed E-state index contributed by atoms with van der Waals surface area (Å²) >= 11 is 0. The molecule has 0 aliphatic carbocycles. The molecule has 0 spiro atoms. The molecule has 0 bridgehead atoms. The van der Waals surface area contributed by atoms with Crippen molar-refractivity contribution in [1.29, 1.82) is 0 Å². The second-order valence-corrected chi connectivity index (χ2v) is 5.46. The molecule has 106 valence electrons. The monoisotopic (exact) mass is 272 g/mol. The summed E-state index contributed by atoms with van der Waals surface area (Å²) in [5, 5.41) is 2.70. The van der Waals surface area contributed by atoms with E-state index < -0.39 is 5.41 Å². The number of para-hydroxylation sites is 1. The summed E-state index contributed by atoms with van der Waals surface area (Å²) in [7, 11) is 0. The van der Waals surface area contributed by atoms with Crippen LogP contribution in [0, 0.1) is 5.41 Å². The summed E-state index contributed by atoms with van der Waals surface area (Å²) in [6, 6.07) is 7.83. The Labute approximate surface area is 119 Å². The minimum atomic E-state index is -1.08. The van der Waals surface area contributed by atoms with Gasteiger partial charge in [-0.2, -0.15) is 0 Å². The average molecular weight is 272 g/mol. The molecule has 2 amide bonds. The van der Waals surface area contributed by atoms with Gasteiger partial charge < -0.3 is 10.2 Å². The van der Waals surface area contributed by atoms with Crippen LogP contribution < -0.4 is 10.2 Å². The van der Waals surface area contributed by atoms with Crippen molar-refractivity contribution in [2.24, 2.45) is 5.41 Å². The van der Waals surface area contributed by atoms with Crippen LogP contribution in [0.5, 0.6) is 0 Å². The van der Waals surface area contributed by atoms with Crippen molar-refractivity contribution in [3.8, 4) is 0 Å². The van der Waals surface area contributed by atoms with Crippen LogP contribution in [-0.4, -0.2) is 24.9 Å². The van der Waals surface area contributed by atoms with Crippen LogP contribution in [0.2, 0.25) is 0 Å². The lowest BCUT2D eigenvalue weighted by atomic mass is 9.90. The third-order valence-electron chi connectivity index (χ3n) is 3.64. The smallest absolute Gasteiger partial charge is 0.242 e. The van der Waals surface area contributed by atoms with Crippen molar-refractivity contribution in [3.05, 3.63) is 42.5 Å². The number of hydrogen-bond donors (Lipinski definition) is 1. The van der Waals surface area contributed by atoms with Crippen LogP contribution in [0.4, 0.5) is 5.69 Å². The van der Waals surface area contributed by atoms with Gasteiger partial charge in [0, 0.05) is 18.8 Å². The number of carbonyl (C=O) groups is 2. The lowest BCUT2D eigenvalue weighted by Crippen LogP contribution is -2.49. The minimum Gasteiger partial charge on any atom is -0.352 e. The highest BCUT2D eigenvalue weighted by atomic mass is 16.2. The second-order valence-electron chi connectivity index (χ2n) is 5.46. The second kappa shape index (κ2) is 5.49. The fourth-order valence-corrected chi connectivity index (χ4v) is 2.37. The molecule has 4 nitrogen and oxygen atoms in total. The highest BCUT2D eigenvalue weighted by Gasteiger charge is 2.41. The molecule has 1 N–H and O–H groups in total. The van der Waals surface area contributed by atoms with E-state index in [1.54, 1.807) is 24.8 Å². The van der Waals surface area contributed by atoms with Gasteiger partial charge >= 0.3 is 0 Å². The van der Waals surface area contributed by atoms with E-state index in [0.717, 1.165) is 17.7 Å². The number of rotatable bonds is 4. The molecule has 0 fully saturated rings. The summed E-state index contributed by atoms with van der Waals surface area (Å²) in [5.74, 6) is -0.434. The molecule has 0 aromatic heterocycles. The SMILES string of the molecule is C=CCNC(=O)C(C)(C)C(=O)N1CCc2ccccc21. The number of hydrogen-bond acceptors (Lipinski definition) is 2. The normalized spacial score (nSPS) is 13.8. The van der Waals surface area contributed by atoms with E-state index in [2.05, 4.69) is 11.9 Å². The van der Waals surface area contributed by atoms with Crippen molar-refractivity contribution in [3.63, 3.8) is 0 Å². The molecule has 20 heavy (non-hydrogen) atoms. The van der Waals surface area contributed by atoms with E-state index in [-0.39, 0.29) is 11.8 Å². The van der Waals surface area contributed by atoms with Gasteiger partial charge in [-0.1, -0.05) is 24.3 Å². The third kappa shape index (κ3) is 2.46. The number of nitrogens with zero attached hydrogens (tertiary/aromatic N) is 1. The maximum Gasteiger partial charge on any atom is 0.242 e. The number of anilines is 1. The lowest BCUT2D eigenvalue weighted by molar-refractivity contribution is -0.139. The standard InChI is InChI=1S/C16H20N2O2/c1-4-10-17-14(19)16(2,3)15(20)18-11-9-12-7-5-6-8-13(12)18/h4-8H,1,9-11H2,2-3H3,(H,17,19). The molecule has 0 saturated heterocycles. The highest BCUT2D eigenvalue weighted by Crippen LogP contribution is 2.31. The predicted octanol–water partition coefficient (Wildman–Crippen LogP) is 1.90. The Bertz CT molecular complexity index is 549. The van der Waals surface area contributed by atoms with Crippen LogP contribution in [0.1, 0.15) is 19.4 Å². The molecule has 0 saturated carbocycles. The molecule has 0 radical (unpaired) electrons. The zero-order valence-corrected chi connectivity index (χ0v) is 12.0. The van der Waals surface area contributed by atoms with Gasteiger partial charge in [0.1, 0.15) is 5.41 Å². The van der Waals surface area contributed by atoms with Gasteiger partial charge in [0.2, 0.25) is 11.8 Å². The first-order chi connectivity index (χ1) is 9.48. The summed E-state index contributed by atoms with van der Waals surface area (Å²) in [5.41, 5.74) is 0.991. The molecule has 1 aliphatic rings. The van der Waals surface area contributed by atoms with E-state index in [1.807, 2.05) is 24.3 Å². The number of amides is 2. The van der Waals surface area contributed by atoms with Crippen LogP contribution >= 0.6 is 0 Å². The minimum absolute atomic E-state index is 0.163. The molecular formula is C16H20N2O2. The first kappa shape index (κ1) is 14.3. The Balaban J connectivity index is 2.19. The first-order valence-corrected chi connectivity index (χ1v) is 6.77. The van der Waals surface area contributed by atoms with Crippen LogP contribution in [0.3, 0.4) is 0 Å². The lowest BCUT2D eigenvalue weighted by Gasteiger charge is -2.28. The van der Waals surface area contributed by atoms with Crippen LogP contribution in [0.25, 0.3) is 0 Å². The number of fused-ring (bicyclic) bond motifs is 1. The molecule has 1 aromatic rings. The van der Waals surface area contributed by atoms with Crippen molar-refractivity contribution in [2.75, 3.05) is 18.0 Å². The molecular weight excluding hydrogens is 252 g/mol. The largest absolute Gasteiger partial charge is 0.352 e. The predicted molar refractivity (Wildman–Crippen MR) is 79.5 cm³/mol. The summed E-state index contributed by atoms with van der Waals surface area (Å²) in [4.78, 5) is 26.5. The molecule has 0 unspecified atom stereocenters. The van der Waals surface area contributed by atoms with Gasteiger partial charge in [-0.3, -0.25) is 9.59 Å². The zero-order valence-electron chi connectivity index (χ0n) is 12.0. The Kier molecular flexibility index (Phi) is 3.93. The fraction of sp³-hybridized carbons (Fsp3) is 0.375. The summed E-state index contributed by atoms with van der Waals surface area (Å²) < 4.78 is 0. The Hall–Kier alpha value is -2.10. The fourth-order valence-electron chi connectivity index (χ4n) is 2.37. The summed E-state index contributed by atoms with van der Waals surface area (Å²) in [6.45, 7) is 7.88. The highest BCUT2D eigenvalue weighted by molar-refractivity contribution is 6.11. The van der Waals surface area contributed by atoms with Gasteiger partial charge in [-0.05, 0) is 31.9 Å². The van der Waals surface area contributed by atoms with Crippen molar-refractivity contribution in [2.45, 2.75) is 20.3 Å².